The van der Waals surface area contributed by atoms with Crippen molar-refractivity contribution in [3.63, 3.8) is 0 Å². The number of amides is 3. The van der Waals surface area contributed by atoms with E-state index in [1.165, 1.54) is 0 Å². The van der Waals surface area contributed by atoms with Gasteiger partial charge in [0, 0.05) is 39.3 Å². The summed E-state index contributed by atoms with van der Waals surface area (Å²) in [5.74, 6) is 1.08. The molecule has 1 atom stereocenters. The van der Waals surface area contributed by atoms with Crippen molar-refractivity contribution >= 4 is 17.7 Å². The molecule has 1 fully saturated rings. The molecule has 2 aliphatic heterocycles. The Morgan fingerprint density at radius 2 is 1.58 bits per heavy atom. The maximum Gasteiger partial charge on any atom is 0.267 e. The number of nitrogens with zero attached hydrogens (tertiary/aromatic N) is 4. The molecule has 1 saturated heterocycles. The predicted octanol–water partition coefficient (Wildman–Crippen LogP) is 0.297. The van der Waals surface area contributed by atoms with E-state index in [1.54, 1.807) is 32.7 Å². The van der Waals surface area contributed by atoms with Gasteiger partial charge < -0.3 is 24.2 Å². The number of carbonyl (C=O) groups excluding carboxylic acids is 3. The van der Waals surface area contributed by atoms with E-state index in [0.717, 1.165) is 0 Å². The van der Waals surface area contributed by atoms with Crippen molar-refractivity contribution in [3.8, 4) is 11.5 Å². The molecule has 2 aliphatic rings. The van der Waals surface area contributed by atoms with Gasteiger partial charge in [-0.1, -0.05) is 12.1 Å². The van der Waals surface area contributed by atoms with Crippen LogP contribution < -0.4 is 9.47 Å². The molecule has 0 saturated carbocycles. The molecule has 0 N–H and O–H groups in total. The van der Waals surface area contributed by atoms with Gasteiger partial charge in [-0.25, -0.2) is 0 Å². The van der Waals surface area contributed by atoms with Crippen molar-refractivity contribution in [1.29, 1.82) is 0 Å². The molecule has 31 heavy (non-hydrogen) atoms. The lowest BCUT2D eigenvalue weighted by molar-refractivity contribution is -0.146. The second-order valence-corrected chi connectivity index (χ2v) is 7.81. The van der Waals surface area contributed by atoms with Crippen LogP contribution in [0, 0.1) is 0 Å². The van der Waals surface area contributed by atoms with Crippen molar-refractivity contribution < 1.29 is 23.9 Å². The van der Waals surface area contributed by atoms with E-state index in [1.807, 2.05) is 32.0 Å². The van der Waals surface area contributed by atoms with Gasteiger partial charge in [-0.15, -0.1) is 0 Å². The smallest absolute Gasteiger partial charge is 0.267 e. The van der Waals surface area contributed by atoms with Crippen LogP contribution in [0.5, 0.6) is 11.5 Å². The SMILES string of the molecule is CCN(CC)C(=O)CN(C)CC(=O)N1CCN(C(=O)C2COc3ccccc3O2)CC1. The highest BCUT2D eigenvalue weighted by molar-refractivity contribution is 5.83. The Morgan fingerprint density at radius 1 is 0.968 bits per heavy atom. The molecule has 3 rings (SSSR count). The van der Waals surface area contributed by atoms with Crippen LogP contribution in [-0.4, -0.2) is 109 Å². The van der Waals surface area contributed by atoms with Gasteiger partial charge in [-0.05, 0) is 33.0 Å². The van der Waals surface area contributed by atoms with Gasteiger partial charge in [0.1, 0.15) is 6.61 Å². The van der Waals surface area contributed by atoms with E-state index in [2.05, 4.69) is 0 Å². The van der Waals surface area contributed by atoms with E-state index >= 15 is 0 Å². The number of rotatable bonds is 7. The third-order valence-corrected chi connectivity index (χ3v) is 5.65. The van der Waals surface area contributed by atoms with Crippen LogP contribution in [0.1, 0.15) is 13.8 Å². The molecule has 0 aromatic heterocycles. The van der Waals surface area contributed by atoms with E-state index in [4.69, 9.17) is 9.47 Å². The lowest BCUT2D eigenvalue weighted by atomic mass is 10.2. The molecule has 1 unspecified atom stereocenters. The quantitative estimate of drug-likeness (QED) is 0.616. The van der Waals surface area contributed by atoms with E-state index in [9.17, 15) is 14.4 Å². The minimum atomic E-state index is -0.672. The van der Waals surface area contributed by atoms with Gasteiger partial charge in [0.25, 0.3) is 5.91 Å². The predicted molar refractivity (Wildman–Crippen MR) is 115 cm³/mol. The first-order chi connectivity index (χ1) is 14.9. The molecular formula is C22H32N4O5. The first kappa shape index (κ1) is 22.9. The molecule has 9 heteroatoms. The molecule has 0 bridgehead atoms. The number of hydrogen-bond acceptors (Lipinski definition) is 6. The maximum absolute atomic E-state index is 12.8. The average molecular weight is 433 g/mol. The Labute approximate surface area is 183 Å². The van der Waals surface area contributed by atoms with Crippen LogP contribution >= 0.6 is 0 Å². The summed E-state index contributed by atoms with van der Waals surface area (Å²) in [6.07, 6.45) is -0.672. The minimum Gasteiger partial charge on any atom is -0.485 e. The highest BCUT2D eigenvalue weighted by Crippen LogP contribution is 2.31. The Morgan fingerprint density at radius 3 is 2.23 bits per heavy atom. The monoisotopic (exact) mass is 432 g/mol. The van der Waals surface area contributed by atoms with Gasteiger partial charge in [0.05, 0.1) is 13.1 Å². The normalized spacial score (nSPS) is 18.1. The fraction of sp³-hybridized carbons (Fsp3) is 0.591. The minimum absolute atomic E-state index is 0.0204. The number of benzene rings is 1. The fourth-order valence-corrected chi connectivity index (χ4v) is 3.82. The van der Waals surface area contributed by atoms with Crippen LogP contribution in [0.4, 0.5) is 0 Å². The Hall–Kier alpha value is -2.81. The molecule has 1 aromatic rings. The maximum atomic E-state index is 12.8. The zero-order chi connectivity index (χ0) is 22.4. The summed E-state index contributed by atoms with van der Waals surface area (Å²) in [5.41, 5.74) is 0. The van der Waals surface area contributed by atoms with Crippen molar-refractivity contribution in [1.82, 2.24) is 19.6 Å². The lowest BCUT2D eigenvalue weighted by Crippen LogP contribution is -2.56. The van der Waals surface area contributed by atoms with Crippen LogP contribution in [0.2, 0.25) is 0 Å². The molecule has 0 aliphatic carbocycles. The van der Waals surface area contributed by atoms with Crippen LogP contribution in [0.25, 0.3) is 0 Å². The molecule has 3 amide bonds. The summed E-state index contributed by atoms with van der Waals surface area (Å²) in [6.45, 7) is 7.61. The van der Waals surface area contributed by atoms with Crippen molar-refractivity contribution in [2.24, 2.45) is 0 Å². The molecule has 9 nitrogen and oxygen atoms in total. The summed E-state index contributed by atoms with van der Waals surface area (Å²) in [7, 11) is 1.78. The summed E-state index contributed by atoms with van der Waals surface area (Å²) in [4.78, 5) is 44.6. The Kier molecular flexibility index (Phi) is 7.73. The summed E-state index contributed by atoms with van der Waals surface area (Å²) < 4.78 is 11.5. The molecule has 1 aromatic carbocycles. The zero-order valence-electron chi connectivity index (χ0n) is 18.6. The standard InChI is InChI=1S/C22H32N4O5/c1-4-24(5-2)20(27)14-23(3)15-21(28)25-10-12-26(13-11-25)22(29)19-16-30-17-8-6-7-9-18(17)31-19/h6-9,19H,4-5,10-16H2,1-3H3. The number of hydrogen-bond donors (Lipinski definition) is 0. The van der Waals surface area contributed by atoms with E-state index in [-0.39, 0.29) is 37.4 Å². The van der Waals surface area contributed by atoms with Crippen LogP contribution in [-0.2, 0) is 14.4 Å². The van der Waals surface area contributed by atoms with Crippen LogP contribution in [0.3, 0.4) is 0 Å². The first-order valence-corrected chi connectivity index (χ1v) is 10.8. The van der Waals surface area contributed by atoms with Crippen molar-refractivity contribution in [2.45, 2.75) is 20.0 Å². The summed E-state index contributed by atoms with van der Waals surface area (Å²) in [5, 5.41) is 0. The van der Waals surface area contributed by atoms with Gasteiger partial charge in [-0.2, -0.15) is 0 Å². The van der Waals surface area contributed by atoms with E-state index in [0.29, 0.717) is 50.8 Å². The zero-order valence-corrected chi connectivity index (χ0v) is 18.6. The molecule has 0 spiro atoms. The average Bonchev–Trinajstić information content (AvgIpc) is 2.79. The Balaban J connectivity index is 1.44. The lowest BCUT2D eigenvalue weighted by Gasteiger charge is -2.37. The highest BCUT2D eigenvalue weighted by Gasteiger charge is 2.33. The third-order valence-electron chi connectivity index (χ3n) is 5.65. The number of para-hydroxylation sites is 2. The number of likely N-dealkylation sites (N-methyl/N-ethyl adjacent to an activating group) is 2. The third kappa shape index (κ3) is 5.66. The molecule has 0 radical (unpaired) electrons. The first-order valence-electron chi connectivity index (χ1n) is 10.8. The molecule has 170 valence electrons. The molecule has 2 heterocycles. The number of piperazine rings is 1. The number of ether oxygens (including phenoxy) is 2. The topological polar surface area (TPSA) is 82.6 Å². The summed E-state index contributed by atoms with van der Waals surface area (Å²) in [6, 6.07) is 7.30. The van der Waals surface area contributed by atoms with Crippen molar-refractivity contribution in [3.05, 3.63) is 24.3 Å². The van der Waals surface area contributed by atoms with Gasteiger partial charge in [0.15, 0.2) is 11.5 Å². The number of fused-ring (bicyclic) bond motifs is 1. The molecular weight excluding hydrogens is 400 g/mol. The van der Waals surface area contributed by atoms with Gasteiger partial charge in [0.2, 0.25) is 17.9 Å². The van der Waals surface area contributed by atoms with Crippen LogP contribution in [0.15, 0.2) is 24.3 Å². The Bertz CT molecular complexity index is 790. The van der Waals surface area contributed by atoms with E-state index < -0.39 is 6.10 Å². The second kappa shape index (κ2) is 10.5. The fourth-order valence-electron chi connectivity index (χ4n) is 3.82. The summed E-state index contributed by atoms with van der Waals surface area (Å²) >= 11 is 0. The second-order valence-electron chi connectivity index (χ2n) is 7.81. The highest BCUT2D eigenvalue weighted by atomic mass is 16.6. The van der Waals surface area contributed by atoms with Gasteiger partial charge in [-0.3, -0.25) is 19.3 Å². The van der Waals surface area contributed by atoms with Crippen molar-refractivity contribution in [2.75, 3.05) is 66.0 Å². The largest absolute Gasteiger partial charge is 0.485 e. The van der Waals surface area contributed by atoms with Gasteiger partial charge >= 0.3 is 0 Å². The number of carbonyl (C=O) groups is 3.